The normalized spacial score (nSPS) is 10.9. The number of carbonyl (C=O) groups is 1. The van der Waals surface area contributed by atoms with Crippen LogP contribution in [0.4, 0.5) is 5.69 Å². The van der Waals surface area contributed by atoms with Gasteiger partial charge >= 0.3 is 5.91 Å². The third kappa shape index (κ3) is 4.04. The van der Waals surface area contributed by atoms with Gasteiger partial charge in [-0.25, -0.2) is 4.98 Å². The number of aromatic nitrogens is 3. The summed E-state index contributed by atoms with van der Waals surface area (Å²) in [6, 6.07) is 27.5. The van der Waals surface area contributed by atoms with Gasteiger partial charge in [-0.1, -0.05) is 36.4 Å². The van der Waals surface area contributed by atoms with Crippen molar-refractivity contribution in [2.45, 2.75) is 0 Å². The van der Waals surface area contributed by atoms with E-state index in [0.29, 0.717) is 17.1 Å². The van der Waals surface area contributed by atoms with Crippen LogP contribution < -0.4 is 4.91 Å². The Kier molecular flexibility index (Phi) is 5.18. The molecule has 0 aliphatic heterocycles. The summed E-state index contributed by atoms with van der Waals surface area (Å²) in [5, 5.41) is 18.7. The number of hydrogen-bond acceptors (Lipinski definition) is 4. The Labute approximate surface area is 204 Å². The second-order valence-electron chi connectivity index (χ2n) is 8.26. The summed E-state index contributed by atoms with van der Waals surface area (Å²) in [5.74, 6) is 0.438. The van der Waals surface area contributed by atoms with Crippen LogP contribution >= 0.6 is 0 Å². The van der Waals surface area contributed by atoms with E-state index in [1.54, 1.807) is 36.4 Å². The average Bonchev–Trinajstić information content (AvgIpc) is 3.55. The zero-order chi connectivity index (χ0) is 24.5. The summed E-state index contributed by atoms with van der Waals surface area (Å²) >= 11 is 0. The molecule has 3 N–H and O–H groups in total. The molecule has 36 heavy (non-hydrogen) atoms. The zero-order valence-electron chi connectivity index (χ0n) is 18.9. The fraction of sp³-hybridized carbons (Fsp3) is 0. The summed E-state index contributed by atoms with van der Waals surface area (Å²) in [4.78, 5) is 27.4. The second-order valence-corrected chi connectivity index (χ2v) is 8.26. The number of benzene rings is 4. The molecular weight excluding hydrogens is 452 g/mol. The fourth-order valence-electron chi connectivity index (χ4n) is 4.16. The number of aromatic hydroxyl groups is 1. The van der Waals surface area contributed by atoms with Crippen molar-refractivity contribution in [1.82, 2.24) is 19.9 Å². The molecule has 2 heterocycles. The number of H-pyrrole nitrogens is 2. The van der Waals surface area contributed by atoms with Gasteiger partial charge in [0.25, 0.3) is 0 Å². The number of nitrogens with zero attached hydrogens (tertiary/aromatic N) is 4. The maximum atomic E-state index is 12.2. The monoisotopic (exact) mass is 471 g/mol. The first-order valence-corrected chi connectivity index (χ1v) is 11.3. The smallest absolute Gasteiger partial charge is 0.360 e. The lowest BCUT2D eigenvalue weighted by Gasteiger charge is -2.02. The second kappa shape index (κ2) is 8.79. The SMILES string of the molecule is O=C(N=[N+]=Nc1cc(-c2nc3ccc(-c4cccc(O)c4)cc3[nH]2)c2cc[nH]c2c1)c1ccccc1. The Morgan fingerprint density at radius 3 is 2.58 bits per heavy atom. The van der Waals surface area contributed by atoms with E-state index in [1.807, 2.05) is 60.8 Å². The van der Waals surface area contributed by atoms with Gasteiger partial charge in [0.15, 0.2) is 10.8 Å². The number of fused-ring (bicyclic) bond motifs is 2. The van der Waals surface area contributed by atoms with Crippen LogP contribution in [-0.4, -0.2) is 26.0 Å². The van der Waals surface area contributed by atoms with Gasteiger partial charge in [0.05, 0.1) is 11.0 Å². The van der Waals surface area contributed by atoms with Gasteiger partial charge < -0.3 is 15.1 Å². The Morgan fingerprint density at radius 1 is 0.861 bits per heavy atom. The molecule has 0 spiro atoms. The van der Waals surface area contributed by atoms with E-state index < -0.39 is 5.91 Å². The van der Waals surface area contributed by atoms with E-state index >= 15 is 0 Å². The van der Waals surface area contributed by atoms with E-state index in [-0.39, 0.29) is 5.75 Å². The van der Waals surface area contributed by atoms with Gasteiger partial charge in [-0.05, 0) is 65.7 Å². The van der Waals surface area contributed by atoms with Gasteiger partial charge in [-0.15, -0.1) is 0 Å². The molecule has 0 aliphatic rings. The van der Waals surface area contributed by atoms with Gasteiger partial charge in [0.2, 0.25) is 10.0 Å². The Balaban J connectivity index is 1.38. The molecule has 1 amide bonds. The highest BCUT2D eigenvalue weighted by Gasteiger charge is 2.14. The van der Waals surface area contributed by atoms with Gasteiger partial charge in [0.1, 0.15) is 11.6 Å². The fourth-order valence-corrected chi connectivity index (χ4v) is 4.16. The first-order valence-electron chi connectivity index (χ1n) is 11.3. The van der Waals surface area contributed by atoms with Crippen LogP contribution in [-0.2, 0) is 0 Å². The van der Waals surface area contributed by atoms with Crippen LogP contribution in [0.5, 0.6) is 5.75 Å². The summed E-state index contributed by atoms with van der Waals surface area (Å²) in [5.41, 5.74) is 6.24. The average molecular weight is 472 g/mol. The number of phenolic OH excluding ortho intramolecular Hbond substituents is 1. The Hall–Kier alpha value is -5.33. The lowest BCUT2D eigenvalue weighted by Crippen LogP contribution is -1.93. The number of phenols is 1. The number of nitrogens with one attached hydrogen (secondary N) is 2. The first-order chi connectivity index (χ1) is 17.6. The first kappa shape index (κ1) is 21.2. The summed E-state index contributed by atoms with van der Waals surface area (Å²) in [7, 11) is 0. The minimum Gasteiger partial charge on any atom is -0.508 e. The molecule has 8 heteroatoms. The maximum Gasteiger partial charge on any atom is 0.360 e. The van der Waals surface area contributed by atoms with Crippen LogP contribution in [0, 0.1) is 0 Å². The molecule has 6 rings (SSSR count). The molecule has 8 nitrogen and oxygen atoms in total. The van der Waals surface area contributed by atoms with Crippen molar-refractivity contribution in [3.8, 4) is 28.3 Å². The summed E-state index contributed by atoms with van der Waals surface area (Å²) in [6.45, 7) is 0. The van der Waals surface area contributed by atoms with Gasteiger partial charge in [-0.2, -0.15) is 0 Å². The third-order valence-electron chi connectivity index (χ3n) is 5.89. The molecule has 0 aliphatic carbocycles. The van der Waals surface area contributed by atoms with Crippen molar-refractivity contribution < 1.29 is 9.90 Å². The minimum absolute atomic E-state index is 0.218. The van der Waals surface area contributed by atoms with Crippen LogP contribution in [0.2, 0.25) is 0 Å². The van der Waals surface area contributed by atoms with Crippen LogP contribution in [0.25, 0.3) is 44.5 Å². The largest absolute Gasteiger partial charge is 0.508 e. The number of aromatic amines is 2. The van der Waals surface area contributed by atoms with E-state index in [2.05, 4.69) is 25.1 Å². The maximum absolute atomic E-state index is 12.2. The quantitative estimate of drug-likeness (QED) is 0.200. The molecule has 0 radical (unpaired) electrons. The molecule has 4 aromatic carbocycles. The van der Waals surface area contributed by atoms with Gasteiger partial charge in [0, 0.05) is 28.2 Å². The highest BCUT2D eigenvalue weighted by Crippen LogP contribution is 2.33. The third-order valence-corrected chi connectivity index (χ3v) is 5.89. The minimum atomic E-state index is -0.458. The molecule has 0 saturated carbocycles. The van der Waals surface area contributed by atoms with Crippen LogP contribution in [0.1, 0.15) is 10.4 Å². The zero-order valence-corrected chi connectivity index (χ0v) is 18.9. The Bertz CT molecular complexity index is 1810. The standard InChI is InChI=1S/C28H18N6O2/c35-21-8-4-7-18(13-21)19-9-10-24-26(14-19)31-27(30-24)23-15-20(16-25-22(23)11-12-29-25)32-34-33-28(36)17-5-2-1-3-6-17/h1-16H,(H2,30,31,32,33,35,36)/p+1. The highest BCUT2D eigenvalue weighted by atomic mass is 16.3. The molecule has 172 valence electrons. The van der Waals surface area contributed by atoms with Crippen molar-refractivity contribution >= 4 is 33.5 Å². The molecule has 0 unspecified atom stereocenters. The predicted molar refractivity (Wildman–Crippen MR) is 138 cm³/mol. The lowest BCUT2D eigenvalue weighted by atomic mass is 10.1. The Morgan fingerprint density at radius 2 is 1.72 bits per heavy atom. The van der Waals surface area contributed by atoms with E-state index in [4.69, 9.17) is 4.98 Å². The molecular formula is C28H19N6O2+. The van der Waals surface area contributed by atoms with Crippen molar-refractivity contribution in [2.24, 2.45) is 10.2 Å². The molecule has 0 saturated heterocycles. The van der Waals surface area contributed by atoms with E-state index in [9.17, 15) is 9.90 Å². The number of carbonyl (C=O) groups excluding carboxylic acids is 1. The van der Waals surface area contributed by atoms with Crippen molar-refractivity contribution in [2.75, 3.05) is 0 Å². The number of rotatable bonds is 4. The van der Waals surface area contributed by atoms with Crippen molar-refractivity contribution in [3.63, 3.8) is 0 Å². The molecule has 2 aromatic heterocycles. The van der Waals surface area contributed by atoms with Crippen LogP contribution in [0.15, 0.2) is 107 Å². The summed E-state index contributed by atoms with van der Waals surface area (Å²) in [6.07, 6.45) is 1.85. The number of amides is 1. The molecule has 6 aromatic rings. The van der Waals surface area contributed by atoms with E-state index in [0.717, 1.165) is 38.6 Å². The number of imidazole rings is 1. The molecule has 0 bridgehead atoms. The predicted octanol–water partition coefficient (Wildman–Crippen LogP) is 6.53. The van der Waals surface area contributed by atoms with Crippen LogP contribution in [0.3, 0.4) is 0 Å². The number of hydrogen-bond donors (Lipinski definition) is 3. The lowest BCUT2D eigenvalue weighted by molar-refractivity contribution is 0.0992. The highest BCUT2D eigenvalue weighted by molar-refractivity contribution is 5.97. The topological polar surface area (TPSA) is 121 Å². The van der Waals surface area contributed by atoms with Crippen molar-refractivity contribution in [1.29, 1.82) is 0 Å². The van der Waals surface area contributed by atoms with Gasteiger partial charge in [-0.3, -0.25) is 4.79 Å². The van der Waals surface area contributed by atoms with Crippen molar-refractivity contribution in [3.05, 3.63) is 103 Å². The summed E-state index contributed by atoms with van der Waals surface area (Å²) < 4.78 is 0. The molecule has 0 atom stereocenters. The molecule has 0 fully saturated rings. The van der Waals surface area contributed by atoms with E-state index in [1.165, 1.54) is 0 Å².